The smallest absolute Gasteiger partial charge is 0.275 e. The molecule has 3 amide bonds. The molecule has 36 heavy (non-hydrogen) atoms. The highest BCUT2D eigenvalue weighted by molar-refractivity contribution is 6.04. The van der Waals surface area contributed by atoms with E-state index in [0.29, 0.717) is 30.1 Å². The number of hydrogen-bond acceptors (Lipinski definition) is 7. The SMILES string of the molecule is CO[C@@H]1CN(C)C(=O)c2cc(NC(=O)c3cnccn3)ccc2OC[C@@H](C)N(C(=O)C2CC2)C[C@@H]1C. The van der Waals surface area contributed by atoms with Crippen molar-refractivity contribution < 1.29 is 23.9 Å². The molecule has 1 saturated carbocycles. The maximum atomic E-state index is 13.5. The largest absolute Gasteiger partial charge is 0.491 e. The third-order valence-corrected chi connectivity index (χ3v) is 6.71. The van der Waals surface area contributed by atoms with Crippen LogP contribution in [-0.4, -0.2) is 83.5 Å². The van der Waals surface area contributed by atoms with Gasteiger partial charge in [0.05, 0.1) is 23.9 Å². The Morgan fingerprint density at radius 2 is 1.94 bits per heavy atom. The number of rotatable bonds is 4. The highest BCUT2D eigenvalue weighted by atomic mass is 16.5. The first-order chi connectivity index (χ1) is 17.3. The first-order valence-electron chi connectivity index (χ1n) is 12.2. The Morgan fingerprint density at radius 1 is 1.17 bits per heavy atom. The maximum absolute atomic E-state index is 13.5. The van der Waals surface area contributed by atoms with E-state index in [1.807, 2.05) is 18.7 Å². The van der Waals surface area contributed by atoms with Crippen molar-refractivity contribution >= 4 is 23.4 Å². The molecule has 1 aliphatic carbocycles. The molecule has 0 bridgehead atoms. The van der Waals surface area contributed by atoms with Crippen LogP contribution in [0.5, 0.6) is 5.75 Å². The van der Waals surface area contributed by atoms with E-state index in [4.69, 9.17) is 9.47 Å². The first kappa shape index (κ1) is 25.6. The van der Waals surface area contributed by atoms with Crippen molar-refractivity contribution in [1.29, 1.82) is 0 Å². The summed E-state index contributed by atoms with van der Waals surface area (Å²) >= 11 is 0. The van der Waals surface area contributed by atoms with E-state index in [-0.39, 0.29) is 48.1 Å². The minimum atomic E-state index is -0.436. The Bertz CT molecular complexity index is 1110. The van der Waals surface area contributed by atoms with Gasteiger partial charge >= 0.3 is 0 Å². The Labute approximate surface area is 211 Å². The molecule has 2 heterocycles. The molecule has 1 aromatic heterocycles. The minimum absolute atomic E-state index is 0.00639. The van der Waals surface area contributed by atoms with Crippen LogP contribution >= 0.6 is 0 Å². The Kier molecular flexibility index (Phi) is 7.83. The van der Waals surface area contributed by atoms with Crippen molar-refractivity contribution in [3.8, 4) is 5.75 Å². The normalized spacial score (nSPS) is 23.1. The quantitative estimate of drug-likeness (QED) is 0.693. The van der Waals surface area contributed by atoms with Gasteiger partial charge in [0.25, 0.3) is 11.8 Å². The number of aromatic nitrogens is 2. The van der Waals surface area contributed by atoms with Crippen LogP contribution in [0.1, 0.15) is 47.5 Å². The van der Waals surface area contributed by atoms with Gasteiger partial charge in [-0.05, 0) is 38.0 Å². The van der Waals surface area contributed by atoms with Crippen molar-refractivity contribution in [3.63, 3.8) is 0 Å². The molecule has 0 saturated heterocycles. The monoisotopic (exact) mass is 495 g/mol. The van der Waals surface area contributed by atoms with Crippen LogP contribution in [0.2, 0.25) is 0 Å². The second kappa shape index (κ2) is 11.0. The lowest BCUT2D eigenvalue weighted by atomic mass is 10.0. The number of amides is 3. The molecule has 1 aliphatic heterocycles. The molecule has 2 aliphatic rings. The number of anilines is 1. The Morgan fingerprint density at radius 3 is 2.61 bits per heavy atom. The van der Waals surface area contributed by atoms with E-state index in [0.717, 1.165) is 12.8 Å². The van der Waals surface area contributed by atoms with Gasteiger partial charge in [0.2, 0.25) is 5.91 Å². The molecule has 2 aromatic rings. The van der Waals surface area contributed by atoms with E-state index >= 15 is 0 Å². The molecule has 10 nitrogen and oxygen atoms in total. The van der Waals surface area contributed by atoms with Gasteiger partial charge < -0.3 is 24.6 Å². The Balaban J connectivity index is 1.63. The second-order valence-electron chi connectivity index (χ2n) is 9.62. The van der Waals surface area contributed by atoms with Gasteiger partial charge in [-0.2, -0.15) is 0 Å². The predicted octanol–water partition coefficient (Wildman–Crippen LogP) is 2.47. The van der Waals surface area contributed by atoms with E-state index < -0.39 is 5.91 Å². The number of benzene rings is 1. The highest BCUT2D eigenvalue weighted by Gasteiger charge is 2.37. The molecule has 192 valence electrons. The van der Waals surface area contributed by atoms with Crippen LogP contribution in [0.3, 0.4) is 0 Å². The van der Waals surface area contributed by atoms with Crippen LogP contribution in [0, 0.1) is 11.8 Å². The topological polar surface area (TPSA) is 114 Å². The van der Waals surface area contributed by atoms with E-state index in [1.165, 1.54) is 18.6 Å². The molecular weight excluding hydrogens is 462 g/mol. The van der Waals surface area contributed by atoms with Crippen LogP contribution < -0.4 is 10.1 Å². The van der Waals surface area contributed by atoms with Gasteiger partial charge in [-0.15, -0.1) is 0 Å². The van der Waals surface area contributed by atoms with E-state index in [2.05, 4.69) is 15.3 Å². The van der Waals surface area contributed by atoms with E-state index in [1.54, 1.807) is 37.3 Å². The summed E-state index contributed by atoms with van der Waals surface area (Å²) in [6, 6.07) is 4.74. The third-order valence-electron chi connectivity index (χ3n) is 6.71. The molecule has 1 N–H and O–H groups in total. The van der Waals surface area contributed by atoms with Crippen LogP contribution in [0.4, 0.5) is 5.69 Å². The molecule has 0 unspecified atom stereocenters. The summed E-state index contributed by atoms with van der Waals surface area (Å²) in [5.74, 6) is -0.0605. The number of hydrogen-bond donors (Lipinski definition) is 1. The molecule has 0 radical (unpaired) electrons. The first-order valence-corrected chi connectivity index (χ1v) is 12.2. The third kappa shape index (κ3) is 5.81. The molecule has 0 spiro atoms. The average molecular weight is 496 g/mol. The maximum Gasteiger partial charge on any atom is 0.275 e. The zero-order chi connectivity index (χ0) is 25.8. The molecule has 4 rings (SSSR count). The predicted molar refractivity (Wildman–Crippen MR) is 133 cm³/mol. The minimum Gasteiger partial charge on any atom is -0.491 e. The molecule has 1 aromatic carbocycles. The van der Waals surface area contributed by atoms with Gasteiger partial charge in [0, 0.05) is 57.2 Å². The second-order valence-corrected chi connectivity index (χ2v) is 9.62. The lowest BCUT2D eigenvalue weighted by Gasteiger charge is -2.36. The molecule has 10 heteroatoms. The summed E-state index contributed by atoms with van der Waals surface area (Å²) in [5, 5.41) is 2.76. The summed E-state index contributed by atoms with van der Waals surface area (Å²) in [5.41, 5.74) is 0.901. The van der Waals surface area contributed by atoms with Gasteiger partial charge in [-0.1, -0.05) is 6.92 Å². The Hall–Kier alpha value is -3.53. The van der Waals surface area contributed by atoms with Gasteiger partial charge in [0.1, 0.15) is 18.1 Å². The molecular formula is C26H33N5O5. The number of fused-ring (bicyclic) bond motifs is 1. The number of nitrogens with zero attached hydrogens (tertiary/aromatic N) is 4. The van der Waals surface area contributed by atoms with Gasteiger partial charge in [0.15, 0.2) is 0 Å². The van der Waals surface area contributed by atoms with Crippen molar-refractivity contribution in [2.45, 2.75) is 38.8 Å². The summed E-state index contributed by atoms with van der Waals surface area (Å²) in [6.07, 6.45) is 5.88. The van der Waals surface area contributed by atoms with E-state index in [9.17, 15) is 14.4 Å². The molecule has 3 atom stereocenters. The lowest BCUT2D eigenvalue weighted by molar-refractivity contribution is -0.136. The van der Waals surface area contributed by atoms with Gasteiger partial charge in [-0.3, -0.25) is 19.4 Å². The van der Waals surface area contributed by atoms with Gasteiger partial charge in [-0.25, -0.2) is 4.98 Å². The van der Waals surface area contributed by atoms with Crippen molar-refractivity contribution in [3.05, 3.63) is 48.0 Å². The number of carbonyl (C=O) groups is 3. The standard InChI is InChI=1S/C26H33N5O5/c1-16-13-31(25(33)18-5-6-18)17(2)15-36-22-8-7-19(29-24(32)21-12-27-9-10-28-21)11-20(22)26(34)30(3)14-23(16)35-4/h7-12,16-18,23H,5-6,13-15H2,1-4H3,(H,29,32)/t16-,17+,23+/m0/s1. The fourth-order valence-electron chi connectivity index (χ4n) is 4.34. The summed E-state index contributed by atoms with van der Waals surface area (Å²) in [7, 11) is 3.33. The summed E-state index contributed by atoms with van der Waals surface area (Å²) in [4.78, 5) is 50.5. The van der Waals surface area contributed by atoms with Crippen molar-refractivity contribution in [2.75, 3.05) is 39.2 Å². The summed E-state index contributed by atoms with van der Waals surface area (Å²) in [6.45, 7) is 5.10. The highest BCUT2D eigenvalue weighted by Crippen LogP contribution is 2.33. The molecule has 1 fully saturated rings. The van der Waals surface area contributed by atoms with Crippen LogP contribution in [-0.2, 0) is 9.53 Å². The summed E-state index contributed by atoms with van der Waals surface area (Å²) < 4.78 is 11.8. The van der Waals surface area contributed by atoms with Crippen LogP contribution in [0.15, 0.2) is 36.8 Å². The zero-order valence-electron chi connectivity index (χ0n) is 21.1. The fraction of sp³-hybridized carbons (Fsp3) is 0.500. The number of carbonyl (C=O) groups excluding carboxylic acids is 3. The van der Waals surface area contributed by atoms with Crippen molar-refractivity contribution in [1.82, 2.24) is 19.8 Å². The fourth-order valence-corrected chi connectivity index (χ4v) is 4.34. The number of ether oxygens (including phenoxy) is 2. The van der Waals surface area contributed by atoms with Crippen LogP contribution in [0.25, 0.3) is 0 Å². The lowest BCUT2D eigenvalue weighted by Crippen LogP contribution is -2.49. The van der Waals surface area contributed by atoms with Crippen molar-refractivity contribution in [2.24, 2.45) is 11.8 Å². The zero-order valence-corrected chi connectivity index (χ0v) is 21.1. The average Bonchev–Trinajstić information content (AvgIpc) is 3.74. The number of nitrogens with one attached hydrogen (secondary N) is 1. The number of methoxy groups -OCH3 is 1. The number of likely N-dealkylation sites (N-methyl/N-ethyl adjacent to an activating group) is 1.